The van der Waals surface area contributed by atoms with Gasteiger partial charge in [0.1, 0.15) is 23.8 Å². The van der Waals surface area contributed by atoms with Gasteiger partial charge in [0.15, 0.2) is 0 Å². The van der Waals surface area contributed by atoms with Crippen LogP contribution in [0.5, 0.6) is 0 Å². The first kappa shape index (κ1) is 13.4. The second-order valence-electron chi connectivity index (χ2n) is 4.92. The van der Waals surface area contributed by atoms with Gasteiger partial charge in [-0.25, -0.2) is 14.2 Å². The van der Waals surface area contributed by atoms with E-state index in [2.05, 4.69) is 21.9 Å². The fourth-order valence-electron chi connectivity index (χ4n) is 2.37. The number of hydrogen-bond acceptors (Lipinski definition) is 3. The fraction of sp³-hybridized carbons (Fsp3) is 0.200. The van der Waals surface area contributed by atoms with Crippen LogP contribution in [0.3, 0.4) is 0 Å². The van der Waals surface area contributed by atoms with Crippen molar-refractivity contribution in [2.45, 2.75) is 12.0 Å². The lowest BCUT2D eigenvalue weighted by Crippen LogP contribution is -2.41. The number of carbonyl (C=O) groups is 1. The van der Waals surface area contributed by atoms with Crippen LogP contribution in [0, 0.1) is 5.82 Å². The van der Waals surface area contributed by atoms with Crippen molar-refractivity contribution in [3.8, 4) is 11.3 Å². The number of carbonyl (C=O) groups excluding carboxylic acids is 1. The molecule has 2 N–H and O–H groups in total. The average molecular weight is 287 g/mol. The lowest BCUT2D eigenvalue weighted by Gasteiger charge is -2.22. The SMILES string of the molecule is C=CCC1(c2nc(-c3ccc(F)cc3)c[nH]2)COC(=O)N1. The van der Waals surface area contributed by atoms with E-state index in [-0.39, 0.29) is 12.4 Å². The van der Waals surface area contributed by atoms with E-state index in [1.54, 1.807) is 24.4 Å². The monoisotopic (exact) mass is 287 g/mol. The van der Waals surface area contributed by atoms with Crippen molar-refractivity contribution in [3.63, 3.8) is 0 Å². The van der Waals surface area contributed by atoms with Crippen LogP contribution >= 0.6 is 0 Å². The minimum atomic E-state index is -0.725. The van der Waals surface area contributed by atoms with Gasteiger partial charge in [0, 0.05) is 11.8 Å². The molecule has 5 nitrogen and oxygen atoms in total. The van der Waals surface area contributed by atoms with Crippen molar-refractivity contribution in [1.82, 2.24) is 15.3 Å². The van der Waals surface area contributed by atoms with E-state index < -0.39 is 11.6 Å². The van der Waals surface area contributed by atoms with Gasteiger partial charge >= 0.3 is 6.09 Å². The lowest BCUT2D eigenvalue weighted by atomic mass is 9.96. The van der Waals surface area contributed by atoms with E-state index in [1.807, 2.05) is 0 Å². The van der Waals surface area contributed by atoms with Gasteiger partial charge in [-0.15, -0.1) is 6.58 Å². The highest BCUT2D eigenvalue weighted by atomic mass is 19.1. The smallest absolute Gasteiger partial charge is 0.408 e. The van der Waals surface area contributed by atoms with E-state index in [9.17, 15) is 9.18 Å². The topological polar surface area (TPSA) is 67.0 Å². The van der Waals surface area contributed by atoms with Crippen LogP contribution in [-0.4, -0.2) is 22.7 Å². The number of amides is 1. The Morgan fingerprint density at radius 3 is 2.81 bits per heavy atom. The molecule has 0 saturated carbocycles. The minimum Gasteiger partial charge on any atom is -0.447 e. The van der Waals surface area contributed by atoms with Crippen LogP contribution in [0.2, 0.25) is 0 Å². The molecule has 21 heavy (non-hydrogen) atoms. The van der Waals surface area contributed by atoms with Crippen molar-refractivity contribution in [3.05, 3.63) is 54.8 Å². The van der Waals surface area contributed by atoms with Crippen molar-refractivity contribution < 1.29 is 13.9 Å². The van der Waals surface area contributed by atoms with Gasteiger partial charge in [-0.3, -0.25) is 0 Å². The third-order valence-corrected chi connectivity index (χ3v) is 3.45. The lowest BCUT2D eigenvalue weighted by molar-refractivity contribution is 0.171. The molecule has 2 aromatic rings. The molecule has 1 aromatic carbocycles. The van der Waals surface area contributed by atoms with Gasteiger partial charge in [0.2, 0.25) is 0 Å². The average Bonchev–Trinajstić information content (AvgIpc) is 3.08. The number of cyclic esters (lactones) is 1. The van der Waals surface area contributed by atoms with Crippen LogP contribution in [0.25, 0.3) is 11.3 Å². The zero-order valence-electron chi connectivity index (χ0n) is 11.2. The standard InChI is InChI=1S/C15H14FN3O2/c1-2-7-15(9-21-14(20)19-15)13-17-8-12(18-13)10-3-5-11(16)6-4-10/h2-6,8H,1,7,9H2,(H,17,18)(H,19,20). The van der Waals surface area contributed by atoms with Gasteiger partial charge in [0.25, 0.3) is 0 Å². The van der Waals surface area contributed by atoms with Crippen LogP contribution in [0.4, 0.5) is 9.18 Å². The van der Waals surface area contributed by atoms with E-state index >= 15 is 0 Å². The van der Waals surface area contributed by atoms with Gasteiger partial charge in [-0.05, 0) is 30.7 Å². The minimum absolute atomic E-state index is 0.189. The third-order valence-electron chi connectivity index (χ3n) is 3.45. The molecule has 0 bridgehead atoms. The molecule has 1 amide bonds. The van der Waals surface area contributed by atoms with Gasteiger partial charge < -0.3 is 15.0 Å². The maximum absolute atomic E-state index is 13.0. The molecule has 1 fully saturated rings. The third kappa shape index (κ3) is 2.40. The summed E-state index contributed by atoms with van der Waals surface area (Å²) >= 11 is 0. The highest BCUT2D eigenvalue weighted by Gasteiger charge is 2.42. The number of aromatic amines is 1. The van der Waals surface area contributed by atoms with E-state index in [1.165, 1.54) is 12.1 Å². The van der Waals surface area contributed by atoms with Gasteiger partial charge in [-0.2, -0.15) is 0 Å². The zero-order valence-corrected chi connectivity index (χ0v) is 11.2. The van der Waals surface area contributed by atoms with Crippen molar-refractivity contribution in [2.24, 2.45) is 0 Å². The largest absolute Gasteiger partial charge is 0.447 e. The van der Waals surface area contributed by atoms with E-state index in [0.717, 1.165) is 5.56 Å². The first-order chi connectivity index (χ1) is 10.1. The molecule has 0 spiro atoms. The van der Waals surface area contributed by atoms with E-state index in [4.69, 9.17) is 4.74 Å². The van der Waals surface area contributed by atoms with Crippen LogP contribution in [0.15, 0.2) is 43.1 Å². The molecule has 1 aliphatic heterocycles. The fourth-order valence-corrected chi connectivity index (χ4v) is 2.37. The summed E-state index contributed by atoms with van der Waals surface area (Å²) in [6, 6.07) is 6.06. The number of nitrogens with one attached hydrogen (secondary N) is 2. The first-order valence-corrected chi connectivity index (χ1v) is 6.51. The van der Waals surface area contributed by atoms with Crippen LogP contribution in [0.1, 0.15) is 12.2 Å². The number of aromatic nitrogens is 2. The Morgan fingerprint density at radius 1 is 1.43 bits per heavy atom. The number of halogens is 1. The summed E-state index contributed by atoms with van der Waals surface area (Å²) < 4.78 is 18.0. The number of ether oxygens (including phenoxy) is 1. The first-order valence-electron chi connectivity index (χ1n) is 6.51. The number of hydrogen-bond donors (Lipinski definition) is 2. The number of rotatable bonds is 4. The highest BCUT2D eigenvalue weighted by Crippen LogP contribution is 2.29. The van der Waals surface area contributed by atoms with Crippen molar-refractivity contribution in [1.29, 1.82) is 0 Å². The summed E-state index contributed by atoms with van der Waals surface area (Å²) in [5.41, 5.74) is 0.740. The van der Waals surface area contributed by atoms with Gasteiger partial charge in [-0.1, -0.05) is 6.08 Å². The Hall–Kier alpha value is -2.63. The second-order valence-corrected chi connectivity index (χ2v) is 4.92. The number of benzene rings is 1. The Balaban J connectivity index is 1.94. The molecular formula is C15H14FN3O2. The van der Waals surface area contributed by atoms with Gasteiger partial charge in [0.05, 0.1) is 5.69 Å². The maximum Gasteiger partial charge on any atom is 0.408 e. The predicted octanol–water partition coefficient (Wildman–Crippen LogP) is 2.73. The molecule has 1 saturated heterocycles. The summed E-state index contributed by atoms with van der Waals surface area (Å²) in [4.78, 5) is 18.9. The maximum atomic E-state index is 13.0. The van der Waals surface area contributed by atoms with Crippen molar-refractivity contribution in [2.75, 3.05) is 6.61 Å². The molecule has 1 atom stereocenters. The molecule has 6 heteroatoms. The normalized spacial score (nSPS) is 20.9. The molecule has 1 aliphatic rings. The molecule has 0 aliphatic carbocycles. The molecular weight excluding hydrogens is 273 g/mol. The Bertz CT molecular complexity index is 680. The van der Waals surface area contributed by atoms with Crippen LogP contribution in [-0.2, 0) is 10.3 Å². The zero-order chi connectivity index (χ0) is 14.9. The van der Waals surface area contributed by atoms with Crippen LogP contribution < -0.4 is 5.32 Å². The predicted molar refractivity (Wildman–Crippen MR) is 75.0 cm³/mol. The summed E-state index contributed by atoms with van der Waals surface area (Å²) in [5, 5.41) is 2.77. The summed E-state index contributed by atoms with van der Waals surface area (Å²) in [5.74, 6) is 0.293. The molecule has 2 heterocycles. The summed E-state index contributed by atoms with van der Waals surface area (Å²) in [6.45, 7) is 3.89. The van der Waals surface area contributed by atoms with E-state index in [0.29, 0.717) is 17.9 Å². The number of imidazole rings is 1. The van der Waals surface area contributed by atoms with Crippen molar-refractivity contribution >= 4 is 6.09 Å². The summed E-state index contributed by atoms with van der Waals surface area (Å²) in [7, 11) is 0. The Kier molecular flexibility index (Phi) is 3.21. The Labute approximate surface area is 120 Å². The quantitative estimate of drug-likeness (QED) is 0.850. The number of alkyl carbamates (subject to hydrolysis) is 1. The summed E-state index contributed by atoms with van der Waals surface area (Å²) in [6.07, 6.45) is 3.44. The second kappa shape index (κ2) is 5.05. The molecule has 108 valence electrons. The highest BCUT2D eigenvalue weighted by molar-refractivity contribution is 5.71. The molecule has 3 rings (SSSR count). The molecule has 0 radical (unpaired) electrons. The molecule has 1 unspecified atom stereocenters. The number of H-pyrrole nitrogens is 1. The number of nitrogens with zero attached hydrogens (tertiary/aromatic N) is 1. The molecule has 1 aromatic heterocycles. The Morgan fingerprint density at radius 2 is 2.19 bits per heavy atom.